The summed E-state index contributed by atoms with van der Waals surface area (Å²) in [6, 6.07) is 11.6. The second-order valence-corrected chi connectivity index (χ2v) is 9.97. The molecular formula is C29H32F3NO6. The van der Waals surface area contributed by atoms with Gasteiger partial charge in [-0.15, -0.1) is 13.2 Å². The Bertz CT molecular complexity index is 1230. The summed E-state index contributed by atoms with van der Waals surface area (Å²) in [5, 5.41) is 9.81. The molecule has 0 radical (unpaired) electrons. The third-order valence-corrected chi connectivity index (χ3v) is 6.79. The number of aryl methyl sites for hydroxylation is 1. The fourth-order valence-electron chi connectivity index (χ4n) is 4.69. The number of hydrogen-bond acceptors (Lipinski definition) is 6. The Morgan fingerprint density at radius 3 is 2.15 bits per heavy atom. The van der Waals surface area contributed by atoms with Crippen molar-refractivity contribution in [2.75, 3.05) is 6.61 Å². The maximum absolute atomic E-state index is 12.4. The van der Waals surface area contributed by atoms with Crippen molar-refractivity contribution < 1.29 is 41.7 Å². The van der Waals surface area contributed by atoms with Crippen LogP contribution in [0.15, 0.2) is 52.9 Å². The number of halogens is 3. The number of aromatic nitrogens is 1. The quantitative estimate of drug-likeness (QED) is 0.276. The molecular weight excluding hydrogens is 515 g/mol. The Labute approximate surface area is 224 Å². The molecule has 1 aliphatic carbocycles. The third kappa shape index (κ3) is 7.91. The molecule has 1 fully saturated rings. The number of carboxylic acid groups (broad SMARTS) is 1. The van der Waals surface area contributed by atoms with Crippen LogP contribution in [0.25, 0.3) is 0 Å². The van der Waals surface area contributed by atoms with Crippen LogP contribution in [0.1, 0.15) is 67.9 Å². The minimum absolute atomic E-state index is 0.0193. The summed E-state index contributed by atoms with van der Waals surface area (Å²) in [5.74, 6) is 1.16. The van der Waals surface area contributed by atoms with Crippen LogP contribution in [-0.2, 0) is 17.6 Å². The minimum atomic E-state index is -4.82. The van der Waals surface area contributed by atoms with Gasteiger partial charge in [0.05, 0.1) is 12.3 Å². The third-order valence-electron chi connectivity index (χ3n) is 6.79. The zero-order chi connectivity index (χ0) is 28.0. The molecule has 1 saturated carbocycles. The second-order valence-electron chi connectivity index (χ2n) is 9.97. The smallest absolute Gasteiger partial charge is 0.493 e. The molecule has 4 rings (SSSR count). The number of ether oxygens (including phenoxy) is 3. The van der Waals surface area contributed by atoms with Gasteiger partial charge in [0.25, 0.3) is 0 Å². The van der Waals surface area contributed by atoms with Crippen LogP contribution in [0.3, 0.4) is 0 Å². The highest BCUT2D eigenvalue weighted by atomic mass is 19.4. The van der Waals surface area contributed by atoms with Gasteiger partial charge >= 0.3 is 12.3 Å². The first kappa shape index (κ1) is 28.3. The van der Waals surface area contributed by atoms with E-state index in [1.165, 1.54) is 38.3 Å². The van der Waals surface area contributed by atoms with Gasteiger partial charge in [-0.25, -0.2) is 9.78 Å². The fourth-order valence-corrected chi connectivity index (χ4v) is 4.69. The molecule has 1 atom stereocenters. The van der Waals surface area contributed by atoms with Gasteiger partial charge in [-0.05, 0) is 68.7 Å². The summed E-state index contributed by atoms with van der Waals surface area (Å²) in [4.78, 5) is 16.7. The first-order valence-electron chi connectivity index (χ1n) is 13.0. The predicted molar refractivity (Wildman–Crippen MR) is 136 cm³/mol. The van der Waals surface area contributed by atoms with Crippen molar-refractivity contribution in [2.45, 2.75) is 76.7 Å². The van der Waals surface area contributed by atoms with Gasteiger partial charge in [-0.3, -0.25) is 0 Å². The maximum Gasteiger partial charge on any atom is 0.573 e. The number of rotatable bonds is 11. The van der Waals surface area contributed by atoms with Crippen molar-refractivity contribution in [3.8, 4) is 17.2 Å². The van der Waals surface area contributed by atoms with E-state index in [2.05, 4.69) is 4.74 Å². The zero-order valence-electron chi connectivity index (χ0n) is 21.9. The monoisotopic (exact) mass is 547 g/mol. The lowest BCUT2D eigenvalue weighted by atomic mass is 9.89. The van der Waals surface area contributed by atoms with E-state index in [9.17, 15) is 23.1 Å². The first-order chi connectivity index (χ1) is 18.5. The van der Waals surface area contributed by atoms with Crippen LogP contribution in [0.5, 0.6) is 17.2 Å². The van der Waals surface area contributed by atoms with Gasteiger partial charge in [0, 0.05) is 18.8 Å². The van der Waals surface area contributed by atoms with Gasteiger partial charge < -0.3 is 23.7 Å². The van der Waals surface area contributed by atoms with Crippen molar-refractivity contribution in [2.24, 2.45) is 0 Å². The van der Waals surface area contributed by atoms with E-state index < -0.39 is 23.7 Å². The molecule has 210 valence electrons. The molecule has 3 aromatic rings. The summed E-state index contributed by atoms with van der Waals surface area (Å²) >= 11 is 0. The standard InChI is InChI=1S/C29H32F3NO6/c1-19-25(33-26(37-19)21-6-4-3-5-7-21)16-17-36-22-10-8-20(9-11-22)18-28(2,27(34)35)38-23-12-14-24(15-13-23)39-29(30,31)32/h8-15,21H,3-7,16-18H2,1-2H3,(H,34,35). The van der Waals surface area contributed by atoms with E-state index in [0.29, 0.717) is 30.3 Å². The molecule has 0 bridgehead atoms. The van der Waals surface area contributed by atoms with Crippen LogP contribution in [0, 0.1) is 6.92 Å². The summed E-state index contributed by atoms with van der Waals surface area (Å²) in [7, 11) is 0. The topological polar surface area (TPSA) is 91.0 Å². The molecule has 7 nitrogen and oxygen atoms in total. The van der Waals surface area contributed by atoms with Crippen molar-refractivity contribution >= 4 is 5.97 Å². The van der Waals surface area contributed by atoms with Crippen molar-refractivity contribution in [3.63, 3.8) is 0 Å². The highest BCUT2D eigenvalue weighted by Crippen LogP contribution is 2.33. The van der Waals surface area contributed by atoms with E-state index >= 15 is 0 Å². The molecule has 1 aromatic heterocycles. The molecule has 1 heterocycles. The van der Waals surface area contributed by atoms with Gasteiger partial charge in [0.15, 0.2) is 5.89 Å². The summed E-state index contributed by atoms with van der Waals surface area (Å²) in [6.07, 6.45) is 1.76. The normalized spacial score (nSPS) is 15.9. The Hall–Kier alpha value is -3.69. The van der Waals surface area contributed by atoms with E-state index in [1.807, 2.05) is 6.92 Å². The number of nitrogens with zero attached hydrogens (tertiary/aromatic N) is 1. The number of hydrogen-bond donors (Lipinski definition) is 1. The lowest BCUT2D eigenvalue weighted by Gasteiger charge is -2.26. The fraction of sp³-hybridized carbons (Fsp3) is 0.448. The molecule has 0 saturated heterocycles. The van der Waals surface area contributed by atoms with Crippen LogP contribution >= 0.6 is 0 Å². The summed E-state index contributed by atoms with van der Waals surface area (Å²) in [5.41, 5.74) is -0.0664. The predicted octanol–water partition coefficient (Wildman–Crippen LogP) is 7.02. The van der Waals surface area contributed by atoms with Gasteiger partial charge in [0.1, 0.15) is 23.0 Å². The summed E-state index contributed by atoms with van der Waals surface area (Å²) in [6.45, 7) is 3.75. The number of alkyl halides is 3. The molecule has 1 N–H and O–H groups in total. The Morgan fingerprint density at radius 2 is 1.56 bits per heavy atom. The number of aliphatic carboxylic acids is 1. The van der Waals surface area contributed by atoms with Crippen molar-refractivity contribution in [1.82, 2.24) is 4.98 Å². The van der Waals surface area contributed by atoms with Gasteiger partial charge in [-0.2, -0.15) is 0 Å². The molecule has 2 aromatic carbocycles. The van der Waals surface area contributed by atoms with E-state index in [4.69, 9.17) is 18.9 Å². The van der Waals surface area contributed by atoms with E-state index in [-0.39, 0.29) is 12.2 Å². The van der Waals surface area contributed by atoms with Crippen LogP contribution < -0.4 is 14.2 Å². The number of oxazole rings is 1. The Balaban J connectivity index is 1.31. The van der Waals surface area contributed by atoms with Crippen molar-refractivity contribution in [1.29, 1.82) is 0 Å². The number of carbonyl (C=O) groups is 1. The maximum atomic E-state index is 12.4. The van der Waals surface area contributed by atoms with Crippen molar-refractivity contribution in [3.05, 3.63) is 71.4 Å². The molecule has 0 aliphatic heterocycles. The first-order valence-corrected chi connectivity index (χ1v) is 13.0. The molecule has 1 aliphatic rings. The average molecular weight is 548 g/mol. The molecule has 10 heteroatoms. The number of carboxylic acids is 1. The highest BCUT2D eigenvalue weighted by molar-refractivity contribution is 5.78. The molecule has 0 amide bonds. The largest absolute Gasteiger partial charge is 0.573 e. The summed E-state index contributed by atoms with van der Waals surface area (Å²) < 4.78 is 58.4. The minimum Gasteiger partial charge on any atom is -0.493 e. The molecule has 0 spiro atoms. The van der Waals surface area contributed by atoms with Gasteiger partial charge in [0.2, 0.25) is 5.60 Å². The van der Waals surface area contributed by atoms with E-state index in [1.54, 1.807) is 24.3 Å². The molecule has 39 heavy (non-hydrogen) atoms. The van der Waals surface area contributed by atoms with Crippen LogP contribution in [-0.4, -0.2) is 34.6 Å². The average Bonchev–Trinajstić information content (AvgIpc) is 3.26. The van der Waals surface area contributed by atoms with Crippen LogP contribution in [0.4, 0.5) is 13.2 Å². The molecule has 1 unspecified atom stereocenters. The lowest BCUT2D eigenvalue weighted by Crippen LogP contribution is -2.43. The lowest BCUT2D eigenvalue weighted by molar-refractivity contribution is -0.274. The van der Waals surface area contributed by atoms with E-state index in [0.717, 1.165) is 42.3 Å². The second kappa shape index (κ2) is 12.0. The van der Waals surface area contributed by atoms with Crippen LogP contribution in [0.2, 0.25) is 0 Å². The Morgan fingerprint density at radius 1 is 0.974 bits per heavy atom. The highest BCUT2D eigenvalue weighted by Gasteiger charge is 2.36. The number of benzene rings is 2. The zero-order valence-corrected chi connectivity index (χ0v) is 21.9. The SMILES string of the molecule is Cc1oc(C2CCCCC2)nc1CCOc1ccc(CC(C)(Oc2ccc(OC(F)(F)F)cc2)C(=O)O)cc1. The Kier molecular flexibility index (Phi) is 8.72. The van der Waals surface area contributed by atoms with Gasteiger partial charge in [-0.1, -0.05) is 31.4 Å².